The Hall–Kier alpha value is -2.30. The van der Waals surface area contributed by atoms with Crippen LogP contribution >= 0.6 is 0 Å². The van der Waals surface area contributed by atoms with Crippen LogP contribution in [0.1, 0.15) is 12.0 Å². The predicted octanol–water partition coefficient (Wildman–Crippen LogP) is 4.96. The summed E-state index contributed by atoms with van der Waals surface area (Å²) in [5.74, 6) is 0.580. The van der Waals surface area contributed by atoms with Crippen molar-refractivity contribution in [1.29, 1.82) is 0 Å². The molecule has 2 rings (SSSR count). The molecule has 2 nitrogen and oxygen atoms in total. The summed E-state index contributed by atoms with van der Waals surface area (Å²) in [4.78, 5) is 3.76. The highest BCUT2D eigenvalue weighted by atomic mass is 19.4. The Kier molecular flexibility index (Phi) is 5.20. The van der Waals surface area contributed by atoms with Crippen LogP contribution in [0.5, 0.6) is 5.75 Å². The van der Waals surface area contributed by atoms with E-state index in [1.807, 2.05) is 18.2 Å². The van der Waals surface area contributed by atoms with Crippen molar-refractivity contribution in [3.8, 4) is 5.75 Å². The molecule has 2 aromatic carbocycles. The number of hydrogen-bond donors (Lipinski definition) is 0. The van der Waals surface area contributed by atoms with Crippen molar-refractivity contribution in [2.45, 2.75) is 19.0 Å². The van der Waals surface area contributed by atoms with Gasteiger partial charge in [0, 0.05) is 0 Å². The molecule has 5 heteroatoms. The Morgan fingerprint density at radius 3 is 2.18 bits per heavy atom. The molecule has 0 unspecified atom stereocenters. The van der Waals surface area contributed by atoms with E-state index >= 15 is 0 Å². The number of rotatable bonds is 5. The maximum absolute atomic E-state index is 13.1. The lowest BCUT2D eigenvalue weighted by Crippen LogP contribution is -2.23. The Morgan fingerprint density at radius 2 is 1.64 bits per heavy atom. The van der Waals surface area contributed by atoms with Gasteiger partial charge in [0.2, 0.25) is 0 Å². The predicted molar refractivity (Wildman–Crippen MR) is 80.9 cm³/mol. The van der Waals surface area contributed by atoms with Gasteiger partial charge in [-0.25, -0.2) is 4.99 Å². The number of nitrogens with zero attached hydrogens (tertiary/aromatic N) is 1. The maximum atomic E-state index is 13.1. The molecule has 0 bridgehead atoms. The molecule has 0 heterocycles. The lowest BCUT2D eigenvalue weighted by Gasteiger charge is -2.11. The van der Waals surface area contributed by atoms with E-state index in [4.69, 9.17) is 4.74 Å². The quantitative estimate of drug-likeness (QED) is 0.715. The number of methoxy groups -OCH3 is 1. The fourth-order valence-corrected chi connectivity index (χ4v) is 1.98. The van der Waals surface area contributed by atoms with Gasteiger partial charge in [0.1, 0.15) is 11.5 Å². The van der Waals surface area contributed by atoms with Gasteiger partial charge in [0.05, 0.1) is 12.8 Å². The third-order valence-electron chi connectivity index (χ3n) is 3.16. The molecule has 0 atom stereocenters. The molecule has 0 aliphatic rings. The second-order valence-electron chi connectivity index (χ2n) is 4.74. The van der Waals surface area contributed by atoms with Gasteiger partial charge in [-0.1, -0.05) is 30.3 Å². The molecule has 116 valence electrons. The second kappa shape index (κ2) is 7.11. The Bertz CT molecular complexity index is 619. The van der Waals surface area contributed by atoms with Crippen LogP contribution in [-0.2, 0) is 6.42 Å². The summed E-state index contributed by atoms with van der Waals surface area (Å²) in [7, 11) is 1.50. The van der Waals surface area contributed by atoms with Crippen molar-refractivity contribution in [2.24, 2.45) is 4.99 Å². The van der Waals surface area contributed by atoms with E-state index in [0.29, 0.717) is 12.2 Å². The van der Waals surface area contributed by atoms with Crippen molar-refractivity contribution >= 4 is 11.4 Å². The van der Waals surface area contributed by atoms with Crippen LogP contribution in [0.15, 0.2) is 59.6 Å². The van der Waals surface area contributed by atoms with Crippen LogP contribution in [0, 0.1) is 0 Å². The standard InChI is InChI=1S/C17H16F3NO/c1-22-15-10-8-14(9-11-15)21-16(17(18,19)20)12-7-13-5-3-2-4-6-13/h2-6,8-11H,7,12H2,1H3. The Labute approximate surface area is 127 Å². The minimum Gasteiger partial charge on any atom is -0.497 e. The van der Waals surface area contributed by atoms with Gasteiger partial charge in [0.25, 0.3) is 0 Å². The maximum Gasteiger partial charge on any atom is 0.429 e. The van der Waals surface area contributed by atoms with Crippen LogP contribution in [0.2, 0.25) is 0 Å². The summed E-state index contributed by atoms with van der Waals surface area (Å²) in [5, 5.41) is 0. The minimum absolute atomic E-state index is 0.153. The van der Waals surface area contributed by atoms with E-state index in [0.717, 1.165) is 5.56 Å². The normalized spacial score (nSPS) is 12.3. The van der Waals surface area contributed by atoms with Gasteiger partial charge in [-0.2, -0.15) is 13.2 Å². The van der Waals surface area contributed by atoms with Crippen LogP contribution in [0.4, 0.5) is 18.9 Å². The first-order valence-electron chi connectivity index (χ1n) is 6.82. The highest BCUT2D eigenvalue weighted by Crippen LogP contribution is 2.25. The van der Waals surface area contributed by atoms with Crippen molar-refractivity contribution in [1.82, 2.24) is 0 Å². The summed E-state index contributed by atoms with van der Waals surface area (Å²) in [6, 6.07) is 15.3. The smallest absolute Gasteiger partial charge is 0.429 e. The zero-order valence-corrected chi connectivity index (χ0v) is 12.1. The first-order valence-corrected chi connectivity index (χ1v) is 6.82. The minimum atomic E-state index is -4.44. The molecule has 2 aromatic rings. The van der Waals surface area contributed by atoms with E-state index in [1.165, 1.54) is 19.2 Å². The average molecular weight is 307 g/mol. The molecule has 0 spiro atoms. The number of aliphatic imine (C=N–C) groups is 1. The molecule has 0 saturated heterocycles. The van der Waals surface area contributed by atoms with Crippen molar-refractivity contribution in [2.75, 3.05) is 7.11 Å². The van der Waals surface area contributed by atoms with E-state index in [1.54, 1.807) is 24.3 Å². The van der Waals surface area contributed by atoms with Gasteiger partial charge in [-0.05, 0) is 42.7 Å². The molecule has 22 heavy (non-hydrogen) atoms. The fraction of sp³-hybridized carbons (Fsp3) is 0.235. The van der Waals surface area contributed by atoms with Gasteiger partial charge in [0.15, 0.2) is 0 Å². The zero-order chi connectivity index (χ0) is 16.0. The molecule has 0 aliphatic heterocycles. The number of ether oxygens (including phenoxy) is 1. The third-order valence-corrected chi connectivity index (χ3v) is 3.16. The van der Waals surface area contributed by atoms with Crippen LogP contribution in [-0.4, -0.2) is 19.0 Å². The molecular weight excluding hydrogens is 291 g/mol. The van der Waals surface area contributed by atoms with E-state index < -0.39 is 11.9 Å². The second-order valence-corrected chi connectivity index (χ2v) is 4.74. The molecule has 0 fully saturated rings. The molecule has 0 radical (unpaired) electrons. The van der Waals surface area contributed by atoms with Crippen LogP contribution in [0.3, 0.4) is 0 Å². The lowest BCUT2D eigenvalue weighted by molar-refractivity contribution is -0.0604. The highest BCUT2D eigenvalue weighted by molar-refractivity contribution is 5.92. The topological polar surface area (TPSA) is 21.6 Å². The number of halogens is 3. The summed E-state index contributed by atoms with van der Waals surface area (Å²) in [6.45, 7) is 0. The molecular formula is C17H16F3NO. The van der Waals surface area contributed by atoms with E-state index in [9.17, 15) is 13.2 Å². The van der Waals surface area contributed by atoms with Gasteiger partial charge >= 0.3 is 6.18 Å². The van der Waals surface area contributed by atoms with Gasteiger partial charge < -0.3 is 4.74 Å². The Balaban J connectivity index is 2.16. The zero-order valence-electron chi connectivity index (χ0n) is 12.1. The largest absolute Gasteiger partial charge is 0.497 e. The SMILES string of the molecule is COc1ccc(N=C(CCc2ccccc2)C(F)(F)F)cc1. The van der Waals surface area contributed by atoms with E-state index in [2.05, 4.69) is 4.99 Å². The molecule has 0 saturated carbocycles. The van der Waals surface area contributed by atoms with Crippen LogP contribution < -0.4 is 4.74 Å². The van der Waals surface area contributed by atoms with Gasteiger partial charge in [-0.3, -0.25) is 0 Å². The molecule has 0 aromatic heterocycles. The van der Waals surface area contributed by atoms with Crippen molar-refractivity contribution in [3.63, 3.8) is 0 Å². The summed E-state index contributed by atoms with van der Waals surface area (Å²) < 4.78 is 44.3. The van der Waals surface area contributed by atoms with Crippen molar-refractivity contribution in [3.05, 3.63) is 60.2 Å². The summed E-state index contributed by atoms with van der Waals surface area (Å²) in [5.41, 5.74) is 0.344. The summed E-state index contributed by atoms with van der Waals surface area (Å²) in [6.07, 6.45) is -4.29. The Morgan fingerprint density at radius 1 is 1.00 bits per heavy atom. The first kappa shape index (κ1) is 16.1. The monoisotopic (exact) mass is 307 g/mol. The highest BCUT2D eigenvalue weighted by Gasteiger charge is 2.35. The van der Waals surface area contributed by atoms with Gasteiger partial charge in [-0.15, -0.1) is 0 Å². The number of hydrogen-bond acceptors (Lipinski definition) is 2. The number of alkyl halides is 3. The third kappa shape index (κ3) is 4.62. The lowest BCUT2D eigenvalue weighted by atomic mass is 10.1. The van der Waals surface area contributed by atoms with Crippen molar-refractivity contribution < 1.29 is 17.9 Å². The van der Waals surface area contributed by atoms with Crippen LogP contribution in [0.25, 0.3) is 0 Å². The van der Waals surface area contributed by atoms with E-state index in [-0.39, 0.29) is 12.1 Å². The first-order chi connectivity index (χ1) is 10.5. The molecule has 0 N–H and O–H groups in total. The fourth-order valence-electron chi connectivity index (χ4n) is 1.98. The molecule has 0 aliphatic carbocycles. The summed E-state index contributed by atoms with van der Waals surface area (Å²) >= 11 is 0. The molecule has 0 amide bonds. The number of aryl methyl sites for hydroxylation is 1. The number of benzene rings is 2. The average Bonchev–Trinajstić information content (AvgIpc) is 2.52.